The van der Waals surface area contributed by atoms with Crippen LogP contribution in [0.2, 0.25) is 0 Å². The quantitative estimate of drug-likeness (QED) is 0.894. The second-order valence-corrected chi connectivity index (χ2v) is 4.37. The van der Waals surface area contributed by atoms with Gasteiger partial charge in [-0.25, -0.2) is 4.98 Å². The van der Waals surface area contributed by atoms with Crippen LogP contribution in [-0.2, 0) is 6.54 Å². The minimum absolute atomic E-state index is 0.0491. The molecule has 1 N–H and O–H groups in total. The number of aromatic amines is 1. The van der Waals surface area contributed by atoms with Crippen LogP contribution in [0.25, 0.3) is 0 Å². The number of hydrogen-bond donors (Lipinski definition) is 1. The lowest BCUT2D eigenvalue weighted by molar-refractivity contribution is 0.0663. The van der Waals surface area contributed by atoms with Crippen LogP contribution in [-0.4, -0.2) is 32.0 Å². The Hall–Kier alpha value is -2.11. The molecule has 2 aromatic heterocycles. The van der Waals surface area contributed by atoms with E-state index in [1.54, 1.807) is 4.90 Å². The van der Waals surface area contributed by atoms with E-state index in [0.29, 0.717) is 6.54 Å². The van der Waals surface area contributed by atoms with Gasteiger partial charge in [0.25, 0.3) is 5.91 Å². The third-order valence-corrected chi connectivity index (χ3v) is 2.62. The molecule has 2 aromatic rings. The molecular weight excluding hydrogens is 232 g/mol. The Labute approximate surface area is 105 Å². The molecule has 0 bridgehead atoms. The van der Waals surface area contributed by atoms with Crippen LogP contribution < -0.4 is 0 Å². The van der Waals surface area contributed by atoms with Crippen molar-refractivity contribution in [2.24, 2.45) is 0 Å². The molecule has 1 amide bonds. The maximum Gasteiger partial charge on any atom is 0.291 e. The van der Waals surface area contributed by atoms with E-state index in [0.717, 1.165) is 11.5 Å². The van der Waals surface area contributed by atoms with E-state index in [4.69, 9.17) is 4.42 Å². The molecule has 2 heterocycles. The fourth-order valence-corrected chi connectivity index (χ4v) is 1.67. The van der Waals surface area contributed by atoms with E-state index >= 15 is 0 Å². The normalized spacial score (nSPS) is 10.9. The van der Waals surface area contributed by atoms with Crippen molar-refractivity contribution in [2.45, 2.75) is 33.4 Å². The minimum atomic E-state index is -0.184. The molecule has 18 heavy (non-hydrogen) atoms. The van der Waals surface area contributed by atoms with Crippen LogP contribution in [0.4, 0.5) is 0 Å². The molecule has 2 rings (SSSR count). The predicted molar refractivity (Wildman–Crippen MR) is 64.8 cm³/mol. The summed E-state index contributed by atoms with van der Waals surface area (Å²) >= 11 is 0. The van der Waals surface area contributed by atoms with E-state index in [2.05, 4.69) is 15.2 Å². The first kappa shape index (κ1) is 12.3. The summed E-state index contributed by atoms with van der Waals surface area (Å²) in [6.07, 6.45) is 1.32. The molecule has 0 saturated heterocycles. The number of furan rings is 1. The van der Waals surface area contributed by atoms with Crippen LogP contribution in [0.5, 0.6) is 0 Å². The van der Waals surface area contributed by atoms with Crippen molar-refractivity contribution in [3.05, 3.63) is 35.8 Å². The average molecular weight is 248 g/mol. The number of aromatic nitrogens is 3. The Balaban J connectivity index is 2.16. The van der Waals surface area contributed by atoms with Gasteiger partial charge in [0.2, 0.25) is 5.82 Å². The van der Waals surface area contributed by atoms with Crippen molar-refractivity contribution >= 4 is 5.91 Å². The summed E-state index contributed by atoms with van der Waals surface area (Å²) in [5.74, 6) is 1.65. The maximum atomic E-state index is 12.2. The topological polar surface area (TPSA) is 75.0 Å². The monoisotopic (exact) mass is 248 g/mol. The number of nitrogens with zero attached hydrogens (tertiary/aromatic N) is 3. The molecule has 0 spiro atoms. The summed E-state index contributed by atoms with van der Waals surface area (Å²) < 4.78 is 5.49. The Kier molecular flexibility index (Phi) is 3.45. The number of carbonyl (C=O) groups excluding carboxylic acids is 1. The standard InChI is InChI=1S/C12H16N4O2/c1-8(2)16(6-10-5-4-9(3)18-10)12(17)11-13-7-14-15-11/h4-5,7-8H,6H2,1-3H3,(H,13,14,15). The zero-order valence-corrected chi connectivity index (χ0v) is 10.7. The van der Waals surface area contributed by atoms with Crippen LogP contribution in [0.1, 0.15) is 36.0 Å². The zero-order chi connectivity index (χ0) is 13.1. The maximum absolute atomic E-state index is 12.2. The SMILES string of the molecule is Cc1ccc(CN(C(=O)c2ncn[nH]2)C(C)C)o1. The summed E-state index contributed by atoms with van der Waals surface area (Å²) in [7, 11) is 0. The highest BCUT2D eigenvalue weighted by Crippen LogP contribution is 2.13. The fourth-order valence-electron chi connectivity index (χ4n) is 1.67. The Morgan fingerprint density at radius 1 is 1.50 bits per heavy atom. The van der Waals surface area contributed by atoms with Crippen molar-refractivity contribution < 1.29 is 9.21 Å². The second-order valence-electron chi connectivity index (χ2n) is 4.37. The van der Waals surface area contributed by atoms with Crippen LogP contribution >= 0.6 is 0 Å². The molecule has 0 radical (unpaired) electrons. The predicted octanol–water partition coefficient (Wildman–Crippen LogP) is 1.76. The number of aryl methyl sites for hydroxylation is 1. The van der Waals surface area contributed by atoms with E-state index < -0.39 is 0 Å². The van der Waals surface area contributed by atoms with Crippen LogP contribution in [0.15, 0.2) is 22.9 Å². The highest BCUT2D eigenvalue weighted by molar-refractivity contribution is 5.90. The second kappa shape index (κ2) is 5.03. The van der Waals surface area contributed by atoms with Gasteiger partial charge in [-0.15, -0.1) is 0 Å². The van der Waals surface area contributed by atoms with Gasteiger partial charge in [-0.05, 0) is 32.9 Å². The molecule has 96 valence electrons. The highest BCUT2D eigenvalue weighted by Gasteiger charge is 2.22. The molecule has 0 atom stereocenters. The fraction of sp³-hybridized carbons (Fsp3) is 0.417. The molecule has 6 nitrogen and oxygen atoms in total. The number of H-pyrrole nitrogens is 1. The van der Waals surface area contributed by atoms with E-state index in [9.17, 15) is 4.79 Å². The molecule has 0 fully saturated rings. The number of hydrogen-bond acceptors (Lipinski definition) is 4. The number of rotatable bonds is 4. The third-order valence-electron chi connectivity index (χ3n) is 2.62. The molecule has 0 aromatic carbocycles. The van der Waals surface area contributed by atoms with Crippen molar-refractivity contribution in [1.29, 1.82) is 0 Å². The zero-order valence-electron chi connectivity index (χ0n) is 10.7. The van der Waals surface area contributed by atoms with Gasteiger partial charge in [0.15, 0.2) is 0 Å². The van der Waals surface area contributed by atoms with E-state index in [1.165, 1.54) is 6.33 Å². The molecule has 0 aliphatic heterocycles. The lowest BCUT2D eigenvalue weighted by Gasteiger charge is -2.24. The molecule has 0 aliphatic carbocycles. The highest BCUT2D eigenvalue weighted by atomic mass is 16.3. The van der Waals surface area contributed by atoms with Crippen LogP contribution in [0.3, 0.4) is 0 Å². The van der Waals surface area contributed by atoms with Gasteiger partial charge in [0.05, 0.1) is 6.54 Å². The first-order chi connectivity index (χ1) is 8.58. The Bertz CT molecular complexity index is 516. The number of nitrogens with one attached hydrogen (secondary N) is 1. The van der Waals surface area contributed by atoms with Gasteiger partial charge < -0.3 is 9.32 Å². The van der Waals surface area contributed by atoms with Crippen molar-refractivity contribution in [3.63, 3.8) is 0 Å². The lowest BCUT2D eigenvalue weighted by Crippen LogP contribution is -2.36. The van der Waals surface area contributed by atoms with Gasteiger partial charge in [0.1, 0.15) is 17.8 Å². The molecule has 0 saturated carbocycles. The average Bonchev–Trinajstić information content (AvgIpc) is 2.95. The lowest BCUT2D eigenvalue weighted by atomic mass is 10.2. The number of carbonyl (C=O) groups is 1. The first-order valence-electron chi connectivity index (χ1n) is 5.79. The largest absolute Gasteiger partial charge is 0.464 e. The van der Waals surface area contributed by atoms with Crippen molar-refractivity contribution in [1.82, 2.24) is 20.1 Å². The van der Waals surface area contributed by atoms with Gasteiger partial charge >= 0.3 is 0 Å². The summed E-state index contributed by atoms with van der Waals surface area (Å²) in [4.78, 5) is 17.8. The summed E-state index contributed by atoms with van der Waals surface area (Å²) in [6.45, 7) is 6.20. The molecular formula is C12H16N4O2. The Morgan fingerprint density at radius 3 is 2.78 bits per heavy atom. The van der Waals surface area contributed by atoms with Gasteiger partial charge in [-0.1, -0.05) is 0 Å². The smallest absolute Gasteiger partial charge is 0.291 e. The summed E-state index contributed by atoms with van der Waals surface area (Å²) in [5.41, 5.74) is 0. The van der Waals surface area contributed by atoms with Crippen molar-refractivity contribution in [3.8, 4) is 0 Å². The first-order valence-corrected chi connectivity index (χ1v) is 5.79. The van der Waals surface area contributed by atoms with Gasteiger partial charge in [-0.3, -0.25) is 9.89 Å². The van der Waals surface area contributed by atoms with Gasteiger partial charge in [0, 0.05) is 6.04 Å². The summed E-state index contributed by atoms with van der Waals surface area (Å²) in [6, 6.07) is 3.80. The third kappa shape index (κ3) is 2.58. The minimum Gasteiger partial charge on any atom is -0.464 e. The number of amides is 1. The van der Waals surface area contributed by atoms with E-state index in [1.807, 2.05) is 32.9 Å². The molecule has 0 aliphatic rings. The Morgan fingerprint density at radius 2 is 2.28 bits per heavy atom. The van der Waals surface area contributed by atoms with Crippen LogP contribution in [0, 0.1) is 6.92 Å². The van der Waals surface area contributed by atoms with Gasteiger partial charge in [-0.2, -0.15) is 5.10 Å². The molecule has 6 heteroatoms. The molecule has 0 unspecified atom stereocenters. The van der Waals surface area contributed by atoms with Crippen molar-refractivity contribution in [2.75, 3.05) is 0 Å². The van der Waals surface area contributed by atoms with E-state index in [-0.39, 0.29) is 17.8 Å². The summed E-state index contributed by atoms with van der Waals surface area (Å²) in [5, 5.41) is 6.27.